The lowest BCUT2D eigenvalue weighted by molar-refractivity contribution is 0.301. The summed E-state index contributed by atoms with van der Waals surface area (Å²) in [5.74, 6) is 0.771. The van der Waals surface area contributed by atoms with Gasteiger partial charge in [0.25, 0.3) is 0 Å². The van der Waals surface area contributed by atoms with Crippen molar-refractivity contribution in [3.63, 3.8) is 0 Å². The van der Waals surface area contributed by atoms with E-state index in [9.17, 15) is 0 Å². The maximum Gasteiger partial charge on any atom is 0.124 e. The first-order valence-electron chi connectivity index (χ1n) is 6.81. The molecule has 0 aliphatic carbocycles. The Hall–Kier alpha value is -2.02. The standard InChI is InChI=1S/C17H17ClN2O/c1-2-16(20)14-5-3-4-6-17(14)21-11-13-8-7-12(10-19)9-15(13)18/h3-9,16H,2,11,20H2,1H3/t16-/m1/s1. The normalized spacial score (nSPS) is 11.7. The van der Waals surface area contributed by atoms with Crippen LogP contribution in [0, 0.1) is 11.3 Å². The second kappa shape index (κ2) is 7.12. The predicted molar refractivity (Wildman–Crippen MR) is 84.2 cm³/mol. The maximum atomic E-state index is 8.83. The molecule has 2 aromatic carbocycles. The van der Waals surface area contributed by atoms with Gasteiger partial charge in [-0.2, -0.15) is 5.26 Å². The first-order valence-corrected chi connectivity index (χ1v) is 7.19. The smallest absolute Gasteiger partial charge is 0.124 e. The molecule has 108 valence electrons. The first-order chi connectivity index (χ1) is 10.2. The Labute approximate surface area is 129 Å². The van der Waals surface area contributed by atoms with Crippen molar-refractivity contribution in [3.05, 3.63) is 64.2 Å². The summed E-state index contributed by atoms with van der Waals surface area (Å²) in [6.45, 7) is 2.39. The molecule has 0 fully saturated rings. The van der Waals surface area contributed by atoms with Gasteiger partial charge in [0.05, 0.1) is 11.6 Å². The molecular formula is C17H17ClN2O. The fourth-order valence-corrected chi connectivity index (χ4v) is 2.26. The number of nitrogens with two attached hydrogens (primary N) is 1. The summed E-state index contributed by atoms with van der Waals surface area (Å²) in [5, 5.41) is 9.37. The SMILES string of the molecule is CC[C@@H](N)c1ccccc1OCc1ccc(C#N)cc1Cl. The molecule has 0 spiro atoms. The van der Waals surface area contributed by atoms with E-state index in [1.54, 1.807) is 12.1 Å². The molecular weight excluding hydrogens is 284 g/mol. The number of ether oxygens (including phenoxy) is 1. The van der Waals surface area contributed by atoms with Gasteiger partial charge in [0.2, 0.25) is 0 Å². The van der Waals surface area contributed by atoms with Crippen LogP contribution < -0.4 is 10.5 Å². The molecule has 0 aliphatic rings. The summed E-state index contributed by atoms with van der Waals surface area (Å²) in [6, 6.07) is 14.9. The van der Waals surface area contributed by atoms with Gasteiger partial charge in [0, 0.05) is 22.2 Å². The maximum absolute atomic E-state index is 8.83. The molecule has 2 aromatic rings. The Morgan fingerprint density at radius 3 is 2.71 bits per heavy atom. The van der Waals surface area contributed by atoms with Gasteiger partial charge in [0.1, 0.15) is 12.4 Å². The Kier molecular flexibility index (Phi) is 5.21. The summed E-state index contributed by atoms with van der Waals surface area (Å²) in [4.78, 5) is 0. The quantitative estimate of drug-likeness (QED) is 0.900. The number of halogens is 1. The number of benzene rings is 2. The summed E-state index contributed by atoms with van der Waals surface area (Å²) in [6.07, 6.45) is 0.845. The van der Waals surface area contributed by atoms with Gasteiger partial charge in [-0.1, -0.05) is 42.8 Å². The zero-order chi connectivity index (χ0) is 15.2. The van der Waals surface area contributed by atoms with E-state index in [0.29, 0.717) is 17.2 Å². The number of hydrogen-bond acceptors (Lipinski definition) is 3. The van der Waals surface area contributed by atoms with Gasteiger partial charge in [-0.3, -0.25) is 0 Å². The summed E-state index contributed by atoms with van der Waals surface area (Å²) >= 11 is 6.15. The van der Waals surface area contributed by atoms with E-state index in [0.717, 1.165) is 23.3 Å². The fourth-order valence-electron chi connectivity index (χ4n) is 2.03. The number of para-hydroxylation sites is 1. The minimum atomic E-state index is -0.0439. The van der Waals surface area contributed by atoms with E-state index in [-0.39, 0.29) is 6.04 Å². The van der Waals surface area contributed by atoms with Crippen LogP contribution in [0.3, 0.4) is 0 Å². The molecule has 0 aliphatic heterocycles. The van der Waals surface area contributed by atoms with Crippen LogP contribution in [-0.2, 0) is 6.61 Å². The molecule has 2 N–H and O–H groups in total. The summed E-state index contributed by atoms with van der Waals surface area (Å²) in [5.41, 5.74) is 8.46. The number of rotatable bonds is 5. The predicted octanol–water partition coefficient (Wildman–Crippen LogP) is 4.20. The molecule has 0 saturated heterocycles. The molecule has 0 aromatic heterocycles. The van der Waals surface area contributed by atoms with E-state index in [1.165, 1.54) is 0 Å². The van der Waals surface area contributed by atoms with Crippen LogP contribution in [0.2, 0.25) is 5.02 Å². The minimum Gasteiger partial charge on any atom is -0.489 e. The van der Waals surface area contributed by atoms with E-state index in [2.05, 4.69) is 6.07 Å². The Morgan fingerprint density at radius 1 is 1.29 bits per heavy atom. The van der Waals surface area contributed by atoms with Gasteiger partial charge in [-0.15, -0.1) is 0 Å². The minimum absolute atomic E-state index is 0.0439. The van der Waals surface area contributed by atoms with E-state index < -0.39 is 0 Å². The molecule has 0 unspecified atom stereocenters. The topological polar surface area (TPSA) is 59.0 Å². The largest absolute Gasteiger partial charge is 0.489 e. The number of nitrogens with zero attached hydrogens (tertiary/aromatic N) is 1. The Morgan fingerprint density at radius 2 is 2.05 bits per heavy atom. The van der Waals surface area contributed by atoms with Crippen LogP contribution in [0.15, 0.2) is 42.5 Å². The van der Waals surface area contributed by atoms with Crippen LogP contribution in [0.1, 0.15) is 36.1 Å². The molecule has 1 atom stereocenters. The molecule has 21 heavy (non-hydrogen) atoms. The van der Waals surface area contributed by atoms with Gasteiger partial charge < -0.3 is 10.5 Å². The number of hydrogen-bond donors (Lipinski definition) is 1. The molecule has 0 heterocycles. The highest BCUT2D eigenvalue weighted by atomic mass is 35.5. The van der Waals surface area contributed by atoms with Crippen LogP contribution in [-0.4, -0.2) is 0 Å². The molecule has 0 radical (unpaired) electrons. The lowest BCUT2D eigenvalue weighted by atomic mass is 10.0. The third-order valence-electron chi connectivity index (χ3n) is 3.32. The molecule has 0 saturated carbocycles. The lowest BCUT2D eigenvalue weighted by Crippen LogP contribution is -2.10. The van der Waals surface area contributed by atoms with Crippen LogP contribution in [0.4, 0.5) is 0 Å². The van der Waals surface area contributed by atoms with E-state index in [1.807, 2.05) is 37.3 Å². The Bertz CT molecular complexity index is 664. The zero-order valence-electron chi connectivity index (χ0n) is 11.8. The third kappa shape index (κ3) is 3.75. The second-order valence-corrected chi connectivity index (χ2v) is 5.17. The second-order valence-electron chi connectivity index (χ2n) is 4.76. The first kappa shape index (κ1) is 15.4. The number of nitriles is 1. The average molecular weight is 301 g/mol. The van der Waals surface area contributed by atoms with Crippen molar-refractivity contribution in [2.45, 2.75) is 26.0 Å². The van der Waals surface area contributed by atoms with Crippen molar-refractivity contribution in [2.24, 2.45) is 5.73 Å². The molecule has 4 heteroatoms. The fraction of sp³-hybridized carbons (Fsp3) is 0.235. The molecule has 3 nitrogen and oxygen atoms in total. The van der Waals surface area contributed by atoms with Gasteiger partial charge in [0.15, 0.2) is 0 Å². The molecule has 0 bridgehead atoms. The van der Waals surface area contributed by atoms with Crippen molar-refractivity contribution < 1.29 is 4.74 Å². The van der Waals surface area contributed by atoms with Crippen molar-refractivity contribution in [1.82, 2.24) is 0 Å². The van der Waals surface area contributed by atoms with Gasteiger partial charge in [-0.05, 0) is 24.6 Å². The van der Waals surface area contributed by atoms with Crippen molar-refractivity contribution in [1.29, 1.82) is 5.26 Å². The summed E-state index contributed by atoms with van der Waals surface area (Å²) < 4.78 is 5.85. The summed E-state index contributed by atoms with van der Waals surface area (Å²) in [7, 11) is 0. The van der Waals surface area contributed by atoms with Crippen LogP contribution in [0.25, 0.3) is 0 Å². The zero-order valence-corrected chi connectivity index (χ0v) is 12.6. The van der Waals surface area contributed by atoms with Gasteiger partial charge in [-0.25, -0.2) is 0 Å². The van der Waals surface area contributed by atoms with E-state index >= 15 is 0 Å². The van der Waals surface area contributed by atoms with Crippen molar-refractivity contribution >= 4 is 11.6 Å². The monoisotopic (exact) mass is 300 g/mol. The van der Waals surface area contributed by atoms with Crippen LogP contribution in [0.5, 0.6) is 5.75 Å². The highest BCUT2D eigenvalue weighted by Crippen LogP contribution is 2.27. The van der Waals surface area contributed by atoms with Crippen molar-refractivity contribution in [2.75, 3.05) is 0 Å². The molecule has 0 amide bonds. The third-order valence-corrected chi connectivity index (χ3v) is 3.68. The Balaban J connectivity index is 2.16. The van der Waals surface area contributed by atoms with Gasteiger partial charge >= 0.3 is 0 Å². The van der Waals surface area contributed by atoms with Crippen molar-refractivity contribution in [3.8, 4) is 11.8 Å². The van der Waals surface area contributed by atoms with Crippen LogP contribution >= 0.6 is 11.6 Å². The highest BCUT2D eigenvalue weighted by Gasteiger charge is 2.10. The lowest BCUT2D eigenvalue weighted by Gasteiger charge is -2.16. The average Bonchev–Trinajstić information content (AvgIpc) is 2.53. The van der Waals surface area contributed by atoms with E-state index in [4.69, 9.17) is 27.3 Å². The molecule has 2 rings (SSSR count). The highest BCUT2D eigenvalue weighted by molar-refractivity contribution is 6.31.